The van der Waals surface area contributed by atoms with Crippen molar-refractivity contribution in [1.82, 2.24) is 15.0 Å². The molecule has 0 saturated carbocycles. The molecule has 0 aliphatic rings. The van der Waals surface area contributed by atoms with Crippen LogP contribution in [0.2, 0.25) is 0 Å². The molecule has 0 unspecified atom stereocenters. The van der Waals surface area contributed by atoms with Gasteiger partial charge in [-0.15, -0.1) is 0 Å². The third-order valence-corrected chi connectivity index (χ3v) is 3.31. The molecule has 0 saturated heterocycles. The first-order chi connectivity index (χ1) is 3.72. The molecule has 3 nitrogen and oxygen atoms in total. The van der Waals surface area contributed by atoms with Gasteiger partial charge in [-0.25, -0.2) is 0 Å². The van der Waals surface area contributed by atoms with Crippen LogP contribution in [0.3, 0.4) is 0 Å². The van der Waals surface area contributed by atoms with E-state index in [9.17, 15) is 0 Å². The maximum absolute atomic E-state index is 3.86. The molecule has 0 amide bonds. The molecule has 0 aromatic carbocycles. The Hall–Kier alpha value is -0.0613. The molecule has 0 aliphatic heterocycles. The van der Waals surface area contributed by atoms with Crippen LogP contribution in [0.4, 0.5) is 0 Å². The van der Waals surface area contributed by atoms with Gasteiger partial charge in [0.1, 0.15) is 0 Å². The minimum absolute atomic E-state index is 1.06. The zero-order chi connectivity index (χ0) is 6.15. The summed E-state index contributed by atoms with van der Waals surface area (Å²) in [4.78, 5) is 0. The van der Waals surface area contributed by atoms with E-state index >= 15 is 0 Å². The van der Waals surface area contributed by atoms with Crippen molar-refractivity contribution in [3.63, 3.8) is 0 Å². The number of hydrogen-bond donors (Lipinski definition) is 0. The molecular formula is C4H7N3Sn. The van der Waals surface area contributed by atoms with E-state index in [1.165, 1.54) is 3.71 Å². The van der Waals surface area contributed by atoms with Crippen LogP contribution in [0.15, 0.2) is 0 Å². The topological polar surface area (TPSA) is 30.7 Å². The summed E-state index contributed by atoms with van der Waals surface area (Å²) >= 11 is 1.10. The fraction of sp³-hybridized carbons (Fsp3) is 0.500. The fourth-order valence-corrected chi connectivity index (χ4v) is 0.780. The first-order valence-corrected chi connectivity index (χ1v) is 3.98. The molecule has 2 radical (unpaired) electrons. The average Bonchev–Trinajstić information content (AvgIpc) is 1.98. The molecule has 1 rings (SSSR count). The van der Waals surface area contributed by atoms with Gasteiger partial charge in [0.2, 0.25) is 0 Å². The zero-order valence-corrected chi connectivity index (χ0v) is 8.21. The first kappa shape index (κ1) is 6.06. The Morgan fingerprint density at radius 1 is 1.62 bits per heavy atom. The van der Waals surface area contributed by atoms with Gasteiger partial charge in [-0.05, 0) is 0 Å². The number of hydrogen-bond acceptors (Lipinski definition) is 2. The van der Waals surface area contributed by atoms with E-state index in [1.54, 1.807) is 0 Å². The number of rotatable bonds is 0. The predicted molar refractivity (Wildman–Crippen MR) is 32.5 cm³/mol. The molecular weight excluding hydrogens is 209 g/mol. The molecule has 0 bridgehead atoms. The predicted octanol–water partition coefficient (Wildman–Crippen LogP) is -1.35. The molecule has 1 heterocycles. The Kier molecular flexibility index (Phi) is 1.55. The van der Waals surface area contributed by atoms with Gasteiger partial charge in [0.25, 0.3) is 0 Å². The van der Waals surface area contributed by atoms with E-state index in [1.807, 2.05) is 18.7 Å². The quantitative estimate of drug-likeness (QED) is 0.502. The van der Waals surface area contributed by atoms with Crippen molar-refractivity contribution < 1.29 is 0 Å². The van der Waals surface area contributed by atoms with Gasteiger partial charge < -0.3 is 0 Å². The van der Waals surface area contributed by atoms with Crippen molar-refractivity contribution in [2.75, 3.05) is 0 Å². The van der Waals surface area contributed by atoms with Crippen molar-refractivity contribution in [3.8, 4) is 0 Å². The monoisotopic (exact) mass is 217 g/mol. The summed E-state index contributed by atoms with van der Waals surface area (Å²) in [6.45, 7) is 1.98. The van der Waals surface area contributed by atoms with Gasteiger partial charge in [0.15, 0.2) is 0 Å². The van der Waals surface area contributed by atoms with Gasteiger partial charge in [-0.3, -0.25) is 0 Å². The van der Waals surface area contributed by atoms with Crippen LogP contribution >= 0.6 is 0 Å². The van der Waals surface area contributed by atoms with Crippen molar-refractivity contribution >= 4 is 26.2 Å². The van der Waals surface area contributed by atoms with Gasteiger partial charge >= 0.3 is 60.9 Å². The average molecular weight is 216 g/mol. The molecule has 0 N–H and O–H groups in total. The number of aromatic nitrogens is 3. The van der Waals surface area contributed by atoms with E-state index in [2.05, 4.69) is 10.3 Å². The summed E-state index contributed by atoms with van der Waals surface area (Å²) in [5.74, 6) is 0. The van der Waals surface area contributed by atoms with Crippen molar-refractivity contribution in [3.05, 3.63) is 5.69 Å². The second kappa shape index (κ2) is 2.05. The Bertz CT molecular complexity index is 174. The van der Waals surface area contributed by atoms with Crippen LogP contribution in [0, 0.1) is 6.92 Å². The molecule has 8 heavy (non-hydrogen) atoms. The van der Waals surface area contributed by atoms with Crippen LogP contribution < -0.4 is 3.71 Å². The molecule has 1 aromatic rings. The third-order valence-electron chi connectivity index (χ3n) is 1.05. The standard InChI is InChI=1S/C4H6N3.Sn.H/c1-4-3-7(2)6-5-4;;/h1-2H3;;. The molecule has 0 fully saturated rings. The Balaban J connectivity index is 3.19. The molecule has 1 aromatic heterocycles. The third kappa shape index (κ3) is 0.865. The normalized spacial score (nSPS) is 9.88. The summed E-state index contributed by atoms with van der Waals surface area (Å²) in [5, 5.41) is 7.68. The zero-order valence-electron chi connectivity index (χ0n) is 4.92. The molecule has 0 aliphatic carbocycles. The summed E-state index contributed by atoms with van der Waals surface area (Å²) in [6.07, 6.45) is 0. The SMILES string of the molecule is Cc1nnn(C)[c]1[SnH]. The van der Waals surface area contributed by atoms with Crippen LogP contribution in [0.5, 0.6) is 0 Å². The van der Waals surface area contributed by atoms with Gasteiger partial charge in [-0.1, -0.05) is 0 Å². The van der Waals surface area contributed by atoms with E-state index in [4.69, 9.17) is 0 Å². The second-order valence-corrected chi connectivity index (χ2v) is 3.24. The van der Waals surface area contributed by atoms with Crippen LogP contribution in [-0.2, 0) is 7.05 Å². The van der Waals surface area contributed by atoms with Crippen molar-refractivity contribution in [1.29, 1.82) is 0 Å². The summed E-state index contributed by atoms with van der Waals surface area (Å²) in [6, 6.07) is 0. The van der Waals surface area contributed by atoms with E-state index in [-0.39, 0.29) is 0 Å². The van der Waals surface area contributed by atoms with Gasteiger partial charge in [0, 0.05) is 0 Å². The van der Waals surface area contributed by atoms with E-state index in [0.29, 0.717) is 0 Å². The second-order valence-electron chi connectivity index (χ2n) is 1.68. The first-order valence-electron chi connectivity index (χ1n) is 2.33. The molecule has 42 valence electrons. The minimum atomic E-state index is 1.06. The maximum atomic E-state index is 3.86. The van der Waals surface area contributed by atoms with Crippen molar-refractivity contribution in [2.45, 2.75) is 6.92 Å². The van der Waals surface area contributed by atoms with E-state index < -0.39 is 0 Å². The summed E-state index contributed by atoms with van der Waals surface area (Å²) < 4.78 is 3.08. The van der Waals surface area contributed by atoms with Gasteiger partial charge in [-0.2, -0.15) is 0 Å². The number of nitrogens with zero attached hydrogens (tertiary/aromatic N) is 3. The Morgan fingerprint density at radius 2 is 2.25 bits per heavy atom. The van der Waals surface area contributed by atoms with Crippen LogP contribution in [-0.4, -0.2) is 37.5 Å². The van der Waals surface area contributed by atoms with Gasteiger partial charge in [0.05, 0.1) is 0 Å². The van der Waals surface area contributed by atoms with E-state index in [0.717, 1.165) is 28.2 Å². The van der Waals surface area contributed by atoms with Crippen LogP contribution in [0.25, 0.3) is 0 Å². The summed E-state index contributed by atoms with van der Waals surface area (Å²) in [5.41, 5.74) is 1.06. The Morgan fingerprint density at radius 3 is 2.38 bits per heavy atom. The van der Waals surface area contributed by atoms with Crippen molar-refractivity contribution in [2.24, 2.45) is 7.05 Å². The van der Waals surface area contributed by atoms with Crippen LogP contribution in [0.1, 0.15) is 5.69 Å². The fourth-order valence-electron chi connectivity index (χ4n) is 0.468. The Labute approximate surface area is 61.2 Å². The summed E-state index contributed by atoms with van der Waals surface area (Å²) in [7, 11) is 1.92. The molecule has 0 atom stereocenters. The number of aryl methyl sites for hydroxylation is 2. The molecule has 4 heteroatoms. The molecule has 0 spiro atoms.